The molecule has 2 aromatic carbocycles. The number of thiophene rings is 1. The summed E-state index contributed by atoms with van der Waals surface area (Å²) in [5.41, 5.74) is 8.10. The second-order valence-electron chi connectivity index (χ2n) is 11.8. The summed E-state index contributed by atoms with van der Waals surface area (Å²) in [5.74, 6) is 0.933. The first-order valence-electron chi connectivity index (χ1n) is 14.2. The van der Waals surface area contributed by atoms with Gasteiger partial charge in [-0.3, -0.25) is 4.98 Å². The van der Waals surface area contributed by atoms with Crippen LogP contribution in [0.15, 0.2) is 102 Å². The first kappa shape index (κ1) is 27.5. The van der Waals surface area contributed by atoms with Crippen molar-refractivity contribution in [2.45, 2.75) is 40.0 Å². The summed E-state index contributed by atoms with van der Waals surface area (Å²) in [4.78, 5) is 9.71. The lowest BCUT2D eigenvalue weighted by Gasteiger charge is -2.33. The van der Waals surface area contributed by atoms with E-state index in [2.05, 4.69) is 106 Å². The van der Waals surface area contributed by atoms with Crippen LogP contribution in [-0.2, 0) is 5.41 Å². The highest BCUT2D eigenvalue weighted by Crippen LogP contribution is 2.53. The largest absolute Gasteiger partial charge is 0.309 e. The molecule has 2 heterocycles. The highest BCUT2D eigenvalue weighted by Gasteiger charge is 2.39. The second-order valence-corrected chi connectivity index (χ2v) is 12.8. The summed E-state index contributed by atoms with van der Waals surface area (Å²) in [6.07, 6.45) is 12.0. The Morgan fingerprint density at radius 2 is 1.74 bits per heavy atom. The molecule has 2 unspecified atom stereocenters. The van der Waals surface area contributed by atoms with Gasteiger partial charge in [-0.2, -0.15) is 10.5 Å². The molecule has 6 rings (SSSR count). The van der Waals surface area contributed by atoms with Gasteiger partial charge >= 0.3 is 0 Å². The Balaban J connectivity index is 1.45. The van der Waals surface area contributed by atoms with Crippen LogP contribution >= 0.6 is 11.3 Å². The number of hydrogen-bond acceptors (Lipinski definition) is 5. The quantitative estimate of drug-likeness (QED) is 0.179. The number of benzene rings is 2. The van der Waals surface area contributed by atoms with Gasteiger partial charge in [0.15, 0.2) is 0 Å². The Hall–Kier alpha value is -4.71. The third kappa shape index (κ3) is 4.67. The smallest absolute Gasteiger partial charge is 0.129 e. The zero-order valence-corrected chi connectivity index (χ0v) is 25.3. The Morgan fingerprint density at radius 1 is 0.976 bits per heavy atom. The van der Waals surface area contributed by atoms with Crippen LogP contribution in [0, 0.1) is 34.5 Å². The van der Waals surface area contributed by atoms with Crippen LogP contribution in [0.4, 0.5) is 11.4 Å². The number of nitrogens with zero attached hydrogens (tertiary/aromatic N) is 4. The van der Waals surface area contributed by atoms with Gasteiger partial charge in [-0.05, 0) is 83.2 Å². The summed E-state index contributed by atoms with van der Waals surface area (Å²) in [5, 5.41) is 20.4. The minimum atomic E-state index is -0.222. The average Bonchev–Trinajstić information content (AvgIpc) is 3.50. The summed E-state index contributed by atoms with van der Waals surface area (Å²) >= 11 is 1.70. The van der Waals surface area contributed by atoms with E-state index in [0.717, 1.165) is 21.9 Å². The Bertz CT molecular complexity index is 1920. The van der Waals surface area contributed by atoms with Crippen molar-refractivity contribution in [1.29, 1.82) is 10.5 Å². The van der Waals surface area contributed by atoms with Gasteiger partial charge in [-0.15, -0.1) is 11.3 Å². The molecule has 5 heteroatoms. The van der Waals surface area contributed by atoms with Crippen molar-refractivity contribution in [3.63, 3.8) is 0 Å². The second kappa shape index (κ2) is 10.6. The number of anilines is 2. The fourth-order valence-electron chi connectivity index (χ4n) is 5.99. The number of fused-ring (bicyclic) bond motifs is 4. The zero-order valence-electron chi connectivity index (χ0n) is 24.5. The molecule has 0 fully saturated rings. The van der Waals surface area contributed by atoms with Gasteiger partial charge < -0.3 is 4.90 Å². The van der Waals surface area contributed by atoms with E-state index in [-0.39, 0.29) is 11.0 Å². The van der Waals surface area contributed by atoms with Gasteiger partial charge in [0.1, 0.15) is 17.7 Å². The van der Waals surface area contributed by atoms with E-state index in [1.807, 2.05) is 24.4 Å². The molecule has 0 bridgehead atoms. The molecule has 0 N–H and O–H groups in total. The normalized spacial score (nSPS) is 18.5. The van der Waals surface area contributed by atoms with Crippen LogP contribution in [0.25, 0.3) is 27.4 Å². The van der Waals surface area contributed by atoms with Crippen molar-refractivity contribution in [2.24, 2.45) is 11.8 Å². The molecular formula is C37H32N4S. The zero-order chi connectivity index (χ0) is 29.6. The molecule has 4 nitrogen and oxygen atoms in total. The Labute approximate surface area is 251 Å². The van der Waals surface area contributed by atoms with Gasteiger partial charge in [0, 0.05) is 21.7 Å². The Morgan fingerprint density at radius 3 is 2.48 bits per heavy atom. The van der Waals surface area contributed by atoms with Crippen LogP contribution in [0.5, 0.6) is 0 Å². The van der Waals surface area contributed by atoms with E-state index in [1.54, 1.807) is 23.5 Å². The topological polar surface area (TPSA) is 63.7 Å². The van der Waals surface area contributed by atoms with Crippen molar-refractivity contribution in [2.75, 3.05) is 4.90 Å². The SMILES string of the molecule is CC1=CC(N(c2cnc3c(c2)C(C)(C)c2cc(/C=C/C=C(C#N)C#N)sc2-3)c2ccc3ccccc3c2)=CC(C)C1C. The monoisotopic (exact) mass is 564 g/mol. The Kier molecular flexibility index (Phi) is 6.93. The van der Waals surface area contributed by atoms with Crippen molar-refractivity contribution >= 4 is 39.6 Å². The van der Waals surface area contributed by atoms with Gasteiger partial charge in [0.05, 0.1) is 22.5 Å². The van der Waals surface area contributed by atoms with Crippen molar-refractivity contribution in [3.05, 3.63) is 118 Å². The van der Waals surface area contributed by atoms with E-state index in [1.165, 1.54) is 38.0 Å². The molecule has 2 aliphatic carbocycles. The van der Waals surface area contributed by atoms with E-state index in [9.17, 15) is 0 Å². The lowest BCUT2D eigenvalue weighted by atomic mass is 9.83. The van der Waals surface area contributed by atoms with E-state index < -0.39 is 0 Å². The average molecular weight is 565 g/mol. The molecule has 0 spiro atoms. The van der Waals surface area contributed by atoms with Crippen molar-refractivity contribution in [1.82, 2.24) is 4.98 Å². The number of nitriles is 2. The number of pyridine rings is 1. The van der Waals surface area contributed by atoms with Crippen LogP contribution in [-0.4, -0.2) is 4.98 Å². The standard InChI is InChI=1S/C37H32N4S/c1-23-15-30(16-24(2)25(23)3)41(29-14-13-27-10-6-7-11-28(27)17-29)31-18-33-35(40-22-31)36-34(37(33,4)5)19-32(42-36)12-8-9-26(20-38)21-39/h6-19,22-23,25H,1-5H3/b12-8+. The number of allylic oxidation sites excluding steroid dienone is 6. The first-order valence-corrected chi connectivity index (χ1v) is 15.1. The predicted octanol–water partition coefficient (Wildman–Crippen LogP) is 9.84. The molecule has 0 saturated heterocycles. The van der Waals surface area contributed by atoms with Gasteiger partial charge in [0.2, 0.25) is 0 Å². The van der Waals surface area contributed by atoms with Crippen molar-refractivity contribution in [3.8, 4) is 22.7 Å². The van der Waals surface area contributed by atoms with E-state index in [4.69, 9.17) is 15.5 Å². The number of aromatic nitrogens is 1. The molecule has 0 radical (unpaired) electrons. The molecule has 0 amide bonds. The maximum absolute atomic E-state index is 9.01. The third-order valence-corrected chi connectivity index (χ3v) is 9.88. The van der Waals surface area contributed by atoms with Gasteiger partial charge in [-0.1, -0.05) is 75.8 Å². The lowest BCUT2D eigenvalue weighted by Crippen LogP contribution is -2.22. The fourth-order valence-corrected chi connectivity index (χ4v) is 7.24. The highest BCUT2D eigenvalue weighted by molar-refractivity contribution is 7.16. The van der Waals surface area contributed by atoms with E-state index in [0.29, 0.717) is 11.8 Å². The lowest BCUT2D eigenvalue weighted by molar-refractivity contribution is 0.518. The summed E-state index contributed by atoms with van der Waals surface area (Å²) in [7, 11) is 0. The highest BCUT2D eigenvalue weighted by atomic mass is 32.1. The number of hydrogen-bond donors (Lipinski definition) is 0. The molecule has 42 heavy (non-hydrogen) atoms. The fraction of sp³-hybridized carbons (Fsp3) is 0.216. The van der Waals surface area contributed by atoms with Crippen LogP contribution in [0.3, 0.4) is 0 Å². The van der Waals surface area contributed by atoms with Crippen molar-refractivity contribution < 1.29 is 0 Å². The maximum Gasteiger partial charge on any atom is 0.129 e. The number of rotatable bonds is 5. The predicted molar refractivity (Wildman–Crippen MR) is 174 cm³/mol. The summed E-state index contributed by atoms with van der Waals surface area (Å²) in [6.45, 7) is 11.4. The molecule has 206 valence electrons. The molecule has 2 atom stereocenters. The van der Waals surface area contributed by atoms with Crippen LogP contribution < -0.4 is 4.90 Å². The summed E-state index contributed by atoms with van der Waals surface area (Å²) < 4.78 is 0. The maximum atomic E-state index is 9.01. The molecule has 0 aliphatic heterocycles. The minimum Gasteiger partial charge on any atom is -0.309 e. The van der Waals surface area contributed by atoms with Gasteiger partial charge in [0.25, 0.3) is 0 Å². The molecule has 0 saturated carbocycles. The minimum absolute atomic E-state index is 0.0909. The van der Waals surface area contributed by atoms with Crippen LogP contribution in [0.2, 0.25) is 0 Å². The summed E-state index contributed by atoms with van der Waals surface area (Å²) in [6, 6.07) is 23.5. The molecule has 2 aliphatic rings. The molecular weight excluding hydrogens is 533 g/mol. The van der Waals surface area contributed by atoms with Gasteiger partial charge in [-0.25, -0.2) is 0 Å². The first-order chi connectivity index (χ1) is 20.2. The van der Waals surface area contributed by atoms with E-state index >= 15 is 0 Å². The molecule has 2 aromatic heterocycles. The molecule has 4 aromatic rings. The van der Waals surface area contributed by atoms with Crippen LogP contribution in [0.1, 0.15) is 50.6 Å². The third-order valence-electron chi connectivity index (χ3n) is 8.77.